The third kappa shape index (κ3) is 4.34. The van der Waals surface area contributed by atoms with Crippen LogP contribution in [0, 0.1) is 0 Å². The molecule has 0 aliphatic carbocycles. The van der Waals surface area contributed by atoms with Crippen molar-refractivity contribution in [3.8, 4) is 0 Å². The van der Waals surface area contributed by atoms with Crippen molar-refractivity contribution in [2.75, 3.05) is 6.54 Å². The number of H-pyrrole nitrogens is 1. The molecule has 1 heterocycles. The van der Waals surface area contributed by atoms with Crippen molar-refractivity contribution < 1.29 is 9.53 Å². The second-order valence-electron chi connectivity index (χ2n) is 5.90. The van der Waals surface area contributed by atoms with Gasteiger partial charge >= 0.3 is 6.09 Å². The van der Waals surface area contributed by atoms with Gasteiger partial charge in [0, 0.05) is 29.7 Å². The number of aromatic amines is 1. The summed E-state index contributed by atoms with van der Waals surface area (Å²) in [5.74, 6) is 0. The molecule has 21 heavy (non-hydrogen) atoms. The first-order chi connectivity index (χ1) is 9.85. The first-order valence-corrected chi connectivity index (χ1v) is 6.92. The first-order valence-electron chi connectivity index (χ1n) is 6.92. The number of nitrogens with one attached hydrogen (secondary N) is 2. The highest BCUT2D eigenvalue weighted by atomic mass is 16.6. The summed E-state index contributed by atoms with van der Waals surface area (Å²) in [5.41, 5.74) is 1.35. The molecular weight excluding hydrogens is 268 g/mol. The number of aromatic nitrogens is 1. The van der Waals surface area contributed by atoms with Gasteiger partial charge in [0.05, 0.1) is 0 Å². The van der Waals surface area contributed by atoms with E-state index in [1.54, 1.807) is 12.3 Å². The lowest BCUT2D eigenvalue weighted by atomic mass is 10.1. The molecule has 5 nitrogen and oxygen atoms in total. The highest BCUT2D eigenvalue weighted by molar-refractivity contribution is 5.78. The summed E-state index contributed by atoms with van der Waals surface area (Å²) in [5, 5.41) is 3.38. The molecule has 1 amide bonds. The summed E-state index contributed by atoms with van der Waals surface area (Å²) in [6.07, 6.45) is 1.89. The van der Waals surface area contributed by atoms with Crippen molar-refractivity contribution in [2.24, 2.45) is 0 Å². The van der Waals surface area contributed by atoms with Crippen LogP contribution in [0.15, 0.2) is 35.3 Å². The van der Waals surface area contributed by atoms with Gasteiger partial charge in [-0.2, -0.15) is 0 Å². The first kappa shape index (κ1) is 15.1. The summed E-state index contributed by atoms with van der Waals surface area (Å²) in [4.78, 5) is 26.2. The highest BCUT2D eigenvalue weighted by Crippen LogP contribution is 2.10. The molecule has 0 aliphatic heterocycles. The van der Waals surface area contributed by atoms with E-state index in [4.69, 9.17) is 4.74 Å². The van der Waals surface area contributed by atoms with Crippen molar-refractivity contribution >= 4 is 17.0 Å². The standard InChI is InChI=1S/C16H20N2O3/c1-16(2,3)21-15(20)18-8-6-11-4-5-12-13(10-11)17-9-7-14(12)19/h4-5,7,9-10H,6,8H2,1-3H3,(H,17,19)(H,18,20). The Bertz CT molecular complexity index is 698. The number of hydrogen-bond donors (Lipinski definition) is 2. The fraction of sp³-hybridized carbons (Fsp3) is 0.375. The zero-order valence-corrected chi connectivity index (χ0v) is 12.5. The van der Waals surface area contributed by atoms with Crippen LogP contribution in [0.2, 0.25) is 0 Å². The van der Waals surface area contributed by atoms with E-state index in [9.17, 15) is 9.59 Å². The van der Waals surface area contributed by atoms with Gasteiger partial charge in [-0.05, 0) is 44.9 Å². The number of pyridine rings is 1. The van der Waals surface area contributed by atoms with Crippen molar-refractivity contribution in [3.05, 3.63) is 46.2 Å². The Morgan fingerprint density at radius 1 is 1.29 bits per heavy atom. The van der Waals surface area contributed by atoms with Gasteiger partial charge in [0.25, 0.3) is 0 Å². The Morgan fingerprint density at radius 3 is 2.76 bits per heavy atom. The van der Waals surface area contributed by atoms with E-state index in [1.807, 2.05) is 32.9 Å². The lowest BCUT2D eigenvalue weighted by Crippen LogP contribution is -2.33. The molecule has 1 aromatic heterocycles. The minimum atomic E-state index is -0.494. The van der Waals surface area contributed by atoms with Gasteiger partial charge < -0.3 is 15.0 Å². The van der Waals surface area contributed by atoms with Crippen LogP contribution in [-0.2, 0) is 11.2 Å². The molecule has 2 N–H and O–H groups in total. The molecule has 0 saturated heterocycles. The topological polar surface area (TPSA) is 71.2 Å². The Kier molecular flexibility index (Phi) is 4.31. The Hall–Kier alpha value is -2.30. The summed E-state index contributed by atoms with van der Waals surface area (Å²) in [7, 11) is 0. The zero-order chi connectivity index (χ0) is 15.5. The fourth-order valence-electron chi connectivity index (χ4n) is 2.00. The molecule has 0 radical (unpaired) electrons. The summed E-state index contributed by atoms with van der Waals surface area (Å²) < 4.78 is 5.16. The second-order valence-corrected chi connectivity index (χ2v) is 5.90. The number of benzene rings is 1. The van der Waals surface area contributed by atoms with Gasteiger partial charge in [0.15, 0.2) is 5.43 Å². The van der Waals surface area contributed by atoms with Gasteiger partial charge in [-0.15, -0.1) is 0 Å². The average Bonchev–Trinajstić information content (AvgIpc) is 2.36. The lowest BCUT2D eigenvalue weighted by molar-refractivity contribution is 0.0528. The van der Waals surface area contributed by atoms with Crippen LogP contribution in [0.4, 0.5) is 4.79 Å². The molecule has 0 fully saturated rings. The molecule has 2 aromatic rings. The van der Waals surface area contributed by atoms with Gasteiger partial charge in [-0.3, -0.25) is 4.79 Å². The molecule has 1 aromatic carbocycles. The largest absolute Gasteiger partial charge is 0.444 e. The quantitative estimate of drug-likeness (QED) is 0.912. The summed E-state index contributed by atoms with van der Waals surface area (Å²) >= 11 is 0. The highest BCUT2D eigenvalue weighted by Gasteiger charge is 2.15. The number of rotatable bonds is 3. The summed E-state index contributed by atoms with van der Waals surface area (Å²) in [6, 6.07) is 7.13. The molecule has 0 saturated carbocycles. The summed E-state index contributed by atoms with van der Waals surface area (Å²) in [6.45, 7) is 5.96. The number of hydrogen-bond acceptors (Lipinski definition) is 3. The predicted molar refractivity (Wildman–Crippen MR) is 82.5 cm³/mol. The van der Waals surface area contributed by atoms with Crippen molar-refractivity contribution in [2.45, 2.75) is 32.8 Å². The van der Waals surface area contributed by atoms with Crippen LogP contribution >= 0.6 is 0 Å². The smallest absolute Gasteiger partial charge is 0.407 e. The number of alkyl carbamates (subject to hydrolysis) is 1. The minimum absolute atomic E-state index is 0.00202. The Balaban J connectivity index is 1.95. The maximum atomic E-state index is 11.6. The van der Waals surface area contributed by atoms with Crippen molar-refractivity contribution in [1.82, 2.24) is 10.3 Å². The fourth-order valence-corrected chi connectivity index (χ4v) is 2.00. The molecule has 2 rings (SSSR count). The van der Waals surface area contributed by atoms with E-state index in [2.05, 4.69) is 10.3 Å². The van der Waals surface area contributed by atoms with Crippen LogP contribution in [0.1, 0.15) is 26.3 Å². The third-order valence-corrected chi connectivity index (χ3v) is 2.90. The van der Waals surface area contributed by atoms with E-state index in [-0.39, 0.29) is 5.43 Å². The van der Waals surface area contributed by atoms with Crippen molar-refractivity contribution in [1.29, 1.82) is 0 Å². The molecule has 0 spiro atoms. The van der Waals surface area contributed by atoms with Crippen molar-refractivity contribution in [3.63, 3.8) is 0 Å². The molecule has 0 atom stereocenters. The zero-order valence-electron chi connectivity index (χ0n) is 12.5. The van der Waals surface area contributed by atoms with Crippen LogP contribution in [0.5, 0.6) is 0 Å². The van der Waals surface area contributed by atoms with Gasteiger partial charge in [-0.1, -0.05) is 6.07 Å². The molecule has 0 bridgehead atoms. The number of ether oxygens (including phenoxy) is 1. The van der Waals surface area contributed by atoms with Crippen LogP contribution in [0.3, 0.4) is 0 Å². The third-order valence-electron chi connectivity index (χ3n) is 2.90. The van der Waals surface area contributed by atoms with Crippen LogP contribution in [0.25, 0.3) is 10.9 Å². The van der Waals surface area contributed by atoms with Crippen LogP contribution in [-0.4, -0.2) is 23.2 Å². The normalized spacial score (nSPS) is 11.4. The predicted octanol–water partition coefficient (Wildman–Crippen LogP) is 2.60. The number of amides is 1. The van der Waals surface area contributed by atoms with E-state index in [0.29, 0.717) is 18.4 Å². The number of carbonyl (C=O) groups excluding carboxylic acids is 1. The Labute approximate surface area is 123 Å². The molecule has 112 valence electrons. The number of fused-ring (bicyclic) bond motifs is 1. The molecule has 5 heteroatoms. The maximum Gasteiger partial charge on any atom is 0.407 e. The molecule has 0 aliphatic rings. The lowest BCUT2D eigenvalue weighted by Gasteiger charge is -2.19. The van der Waals surface area contributed by atoms with Crippen LogP contribution < -0.4 is 10.7 Å². The van der Waals surface area contributed by atoms with E-state index in [1.165, 1.54) is 6.07 Å². The maximum absolute atomic E-state index is 11.6. The Morgan fingerprint density at radius 2 is 2.05 bits per heavy atom. The van der Waals surface area contributed by atoms with E-state index >= 15 is 0 Å². The minimum Gasteiger partial charge on any atom is -0.444 e. The van der Waals surface area contributed by atoms with Gasteiger partial charge in [0.2, 0.25) is 0 Å². The van der Waals surface area contributed by atoms with E-state index in [0.717, 1.165) is 11.1 Å². The average molecular weight is 288 g/mol. The SMILES string of the molecule is CC(C)(C)OC(=O)NCCc1ccc2c(=O)cc[nH]c2c1. The van der Waals surface area contributed by atoms with Gasteiger partial charge in [0.1, 0.15) is 5.60 Å². The monoisotopic (exact) mass is 288 g/mol. The number of carbonyl (C=O) groups is 1. The molecule has 0 unspecified atom stereocenters. The second kappa shape index (κ2) is 5.99. The van der Waals surface area contributed by atoms with E-state index < -0.39 is 11.7 Å². The van der Waals surface area contributed by atoms with Gasteiger partial charge in [-0.25, -0.2) is 4.79 Å². The molecular formula is C16H20N2O3.